The molecule has 3 aromatic heterocycles. The minimum absolute atomic E-state index is 0.0268. The predicted molar refractivity (Wildman–Crippen MR) is 129 cm³/mol. The van der Waals surface area contributed by atoms with Gasteiger partial charge in [-0.05, 0) is 49.1 Å². The maximum absolute atomic E-state index is 12.5. The molecule has 4 aromatic rings. The van der Waals surface area contributed by atoms with Crippen molar-refractivity contribution in [3.8, 4) is 10.6 Å². The molecule has 9 heteroatoms. The Morgan fingerprint density at radius 1 is 1.23 bits per heavy atom. The fourth-order valence-corrected chi connectivity index (χ4v) is 6.46. The summed E-state index contributed by atoms with van der Waals surface area (Å²) in [7, 11) is 0. The normalized spacial score (nSPS) is 12.9. The summed E-state index contributed by atoms with van der Waals surface area (Å²) in [5, 5.41) is 6.62. The first-order chi connectivity index (χ1) is 15.2. The molecule has 31 heavy (non-hydrogen) atoms. The van der Waals surface area contributed by atoms with E-state index in [1.807, 2.05) is 29.6 Å². The zero-order chi connectivity index (χ0) is 21.2. The summed E-state index contributed by atoms with van der Waals surface area (Å²) in [5.41, 5.74) is 2.98. The molecule has 158 valence electrons. The van der Waals surface area contributed by atoms with Crippen LogP contribution < -0.4 is 10.9 Å². The molecule has 1 amide bonds. The van der Waals surface area contributed by atoms with Gasteiger partial charge in [0.05, 0.1) is 11.1 Å². The zero-order valence-electron chi connectivity index (χ0n) is 16.6. The SMILES string of the molecule is O=C(CCSCc1nc2sc3c(c2c(=O)[nH]1)CCC3)Nc1ccc(-c2nccs2)cc1. The molecule has 0 aliphatic heterocycles. The van der Waals surface area contributed by atoms with E-state index in [1.165, 1.54) is 10.4 Å². The number of fused-ring (bicyclic) bond motifs is 3. The molecule has 5 rings (SSSR count). The van der Waals surface area contributed by atoms with E-state index < -0.39 is 0 Å². The highest BCUT2D eigenvalue weighted by atomic mass is 32.2. The molecule has 0 saturated carbocycles. The fraction of sp³-hybridized carbons (Fsp3) is 0.273. The van der Waals surface area contributed by atoms with E-state index in [0.29, 0.717) is 23.8 Å². The van der Waals surface area contributed by atoms with Gasteiger partial charge >= 0.3 is 0 Å². The lowest BCUT2D eigenvalue weighted by Gasteiger charge is -2.06. The van der Waals surface area contributed by atoms with Crippen LogP contribution in [0.2, 0.25) is 0 Å². The maximum Gasteiger partial charge on any atom is 0.259 e. The summed E-state index contributed by atoms with van der Waals surface area (Å²) in [5.74, 6) is 1.90. The van der Waals surface area contributed by atoms with Crippen LogP contribution in [0.5, 0.6) is 0 Å². The van der Waals surface area contributed by atoms with Crippen LogP contribution >= 0.6 is 34.4 Å². The number of hydrogen-bond donors (Lipinski definition) is 2. The standard InChI is InChI=1S/C22H20N4O2S3/c27-18(24-14-6-4-13(5-7-14)21-23-9-11-30-21)8-10-29-12-17-25-20(28)19-15-2-1-3-16(15)31-22(19)26-17/h4-7,9,11H,1-3,8,10,12H2,(H,24,27)(H,25,26,28). The number of aryl methyl sites for hydroxylation is 2. The summed E-state index contributed by atoms with van der Waals surface area (Å²) in [6, 6.07) is 7.71. The number of rotatable bonds is 7. The molecule has 0 radical (unpaired) electrons. The largest absolute Gasteiger partial charge is 0.326 e. The Balaban J connectivity index is 1.12. The Kier molecular flexibility index (Phi) is 5.89. The molecule has 1 aliphatic carbocycles. The van der Waals surface area contributed by atoms with Crippen LogP contribution in [0.15, 0.2) is 40.6 Å². The first-order valence-corrected chi connectivity index (χ1v) is 12.9. The lowest BCUT2D eigenvalue weighted by atomic mass is 10.2. The monoisotopic (exact) mass is 468 g/mol. The molecule has 0 atom stereocenters. The molecule has 2 N–H and O–H groups in total. The summed E-state index contributed by atoms with van der Waals surface area (Å²) >= 11 is 4.84. The first kappa shape index (κ1) is 20.4. The summed E-state index contributed by atoms with van der Waals surface area (Å²) in [6.07, 6.45) is 5.35. The molecular weight excluding hydrogens is 448 g/mol. The zero-order valence-corrected chi connectivity index (χ0v) is 19.1. The smallest absolute Gasteiger partial charge is 0.259 e. The predicted octanol–water partition coefficient (Wildman–Crippen LogP) is 4.86. The number of nitrogens with zero attached hydrogens (tertiary/aromatic N) is 2. The van der Waals surface area contributed by atoms with Gasteiger partial charge in [0.25, 0.3) is 5.56 Å². The number of aromatic amines is 1. The van der Waals surface area contributed by atoms with E-state index >= 15 is 0 Å². The Bertz CT molecular complexity index is 1280. The molecule has 0 bridgehead atoms. The van der Waals surface area contributed by atoms with Gasteiger partial charge in [-0.2, -0.15) is 11.8 Å². The van der Waals surface area contributed by atoms with Gasteiger partial charge in [-0.15, -0.1) is 22.7 Å². The Labute approximate surface area is 191 Å². The second-order valence-electron chi connectivity index (χ2n) is 7.32. The number of carbonyl (C=O) groups excluding carboxylic acids is 1. The highest BCUT2D eigenvalue weighted by Crippen LogP contribution is 2.34. The molecule has 3 heterocycles. The van der Waals surface area contributed by atoms with Crippen molar-refractivity contribution in [1.29, 1.82) is 0 Å². The first-order valence-electron chi connectivity index (χ1n) is 10.1. The van der Waals surface area contributed by atoms with Gasteiger partial charge in [-0.25, -0.2) is 9.97 Å². The average Bonchev–Trinajstić information content (AvgIpc) is 3.49. The molecule has 0 saturated heterocycles. The Morgan fingerprint density at radius 3 is 2.90 bits per heavy atom. The number of nitrogens with one attached hydrogen (secondary N) is 2. The second kappa shape index (κ2) is 8.94. The number of aromatic nitrogens is 3. The van der Waals surface area contributed by atoms with Gasteiger partial charge in [-0.3, -0.25) is 9.59 Å². The molecule has 1 aliphatic rings. The third-order valence-corrected chi connectivity index (χ3v) is 8.16. The summed E-state index contributed by atoms with van der Waals surface area (Å²) in [6.45, 7) is 0. The number of anilines is 1. The van der Waals surface area contributed by atoms with Crippen LogP contribution in [0.3, 0.4) is 0 Å². The van der Waals surface area contributed by atoms with Crippen molar-refractivity contribution in [1.82, 2.24) is 15.0 Å². The van der Waals surface area contributed by atoms with Crippen LogP contribution in [0.25, 0.3) is 20.8 Å². The van der Waals surface area contributed by atoms with E-state index in [0.717, 1.165) is 45.7 Å². The number of benzene rings is 1. The number of hydrogen-bond acceptors (Lipinski definition) is 7. The van der Waals surface area contributed by atoms with Crippen LogP contribution in [-0.2, 0) is 23.4 Å². The van der Waals surface area contributed by atoms with Crippen molar-refractivity contribution in [2.75, 3.05) is 11.1 Å². The van der Waals surface area contributed by atoms with Crippen molar-refractivity contribution >= 4 is 56.2 Å². The third-order valence-electron chi connectivity index (χ3n) is 5.18. The van der Waals surface area contributed by atoms with Crippen LogP contribution in [0.4, 0.5) is 5.69 Å². The number of thiazole rings is 1. The summed E-state index contributed by atoms with van der Waals surface area (Å²) in [4.78, 5) is 38.8. The lowest BCUT2D eigenvalue weighted by Crippen LogP contribution is -2.13. The van der Waals surface area contributed by atoms with E-state index in [1.54, 1.807) is 40.6 Å². The number of thioether (sulfide) groups is 1. The van der Waals surface area contributed by atoms with Gasteiger partial charge in [-0.1, -0.05) is 0 Å². The fourth-order valence-electron chi connectivity index (χ4n) is 3.73. The molecule has 1 aromatic carbocycles. The molecule has 6 nitrogen and oxygen atoms in total. The van der Waals surface area contributed by atoms with Gasteiger partial charge in [0.15, 0.2) is 0 Å². The number of amides is 1. The lowest BCUT2D eigenvalue weighted by molar-refractivity contribution is -0.115. The van der Waals surface area contributed by atoms with E-state index in [9.17, 15) is 9.59 Å². The van der Waals surface area contributed by atoms with E-state index in [2.05, 4.69) is 20.3 Å². The molecular formula is C22H20N4O2S3. The molecule has 0 fully saturated rings. The Morgan fingerprint density at radius 2 is 2.10 bits per heavy atom. The highest BCUT2D eigenvalue weighted by Gasteiger charge is 2.21. The minimum atomic E-state index is -0.0288. The number of carbonyl (C=O) groups is 1. The topological polar surface area (TPSA) is 87.7 Å². The number of thiophene rings is 1. The van der Waals surface area contributed by atoms with Crippen molar-refractivity contribution < 1.29 is 4.79 Å². The third kappa shape index (κ3) is 4.44. The molecule has 0 unspecified atom stereocenters. The van der Waals surface area contributed by atoms with Crippen molar-refractivity contribution in [2.24, 2.45) is 0 Å². The number of H-pyrrole nitrogens is 1. The maximum atomic E-state index is 12.5. The summed E-state index contributed by atoms with van der Waals surface area (Å²) < 4.78 is 0. The van der Waals surface area contributed by atoms with Crippen LogP contribution in [0.1, 0.15) is 29.1 Å². The van der Waals surface area contributed by atoms with Gasteiger partial charge in [0, 0.05) is 39.9 Å². The van der Waals surface area contributed by atoms with Gasteiger partial charge in [0.2, 0.25) is 5.91 Å². The Hall–Kier alpha value is -2.49. The van der Waals surface area contributed by atoms with Gasteiger partial charge < -0.3 is 10.3 Å². The quantitative estimate of drug-likeness (QED) is 0.378. The average molecular weight is 469 g/mol. The van der Waals surface area contributed by atoms with E-state index in [4.69, 9.17) is 0 Å². The van der Waals surface area contributed by atoms with Gasteiger partial charge in [0.1, 0.15) is 15.7 Å². The van der Waals surface area contributed by atoms with Crippen molar-refractivity contribution in [3.05, 3.63) is 62.5 Å². The van der Waals surface area contributed by atoms with Crippen LogP contribution in [-0.4, -0.2) is 26.6 Å². The minimum Gasteiger partial charge on any atom is -0.326 e. The van der Waals surface area contributed by atoms with Crippen molar-refractivity contribution in [2.45, 2.75) is 31.4 Å². The van der Waals surface area contributed by atoms with Crippen LogP contribution in [0, 0.1) is 0 Å². The molecule has 0 spiro atoms. The highest BCUT2D eigenvalue weighted by molar-refractivity contribution is 7.98. The second-order valence-corrected chi connectivity index (χ2v) is 10.4. The van der Waals surface area contributed by atoms with Crippen molar-refractivity contribution in [3.63, 3.8) is 0 Å². The van der Waals surface area contributed by atoms with E-state index in [-0.39, 0.29) is 11.5 Å².